The number of hydrogen-bond donors (Lipinski definition) is 2. The van der Waals surface area contributed by atoms with Crippen molar-refractivity contribution in [3.8, 4) is 11.5 Å². The van der Waals surface area contributed by atoms with Crippen molar-refractivity contribution in [1.82, 2.24) is 5.43 Å². The zero-order valence-corrected chi connectivity index (χ0v) is 12.8. The van der Waals surface area contributed by atoms with E-state index in [0.29, 0.717) is 22.6 Å². The van der Waals surface area contributed by atoms with Gasteiger partial charge in [-0.05, 0) is 43.7 Å². The van der Waals surface area contributed by atoms with E-state index in [0.717, 1.165) is 5.56 Å². The van der Waals surface area contributed by atoms with E-state index in [4.69, 9.17) is 4.74 Å². The van der Waals surface area contributed by atoms with Gasteiger partial charge >= 0.3 is 0 Å². The number of hydrogen-bond acceptors (Lipinski definition) is 4. The first-order chi connectivity index (χ1) is 10.5. The standard InChI is InChI=1S/C17H18N2O3/c1-11-6-4-5-7-14(11)17(21)19-18-12(2)15-10-13(22-3)8-9-16(15)20/h4-10,20H,1-3H3,(H,19,21)/b18-12+. The molecule has 0 aliphatic rings. The molecule has 0 heterocycles. The Morgan fingerprint density at radius 3 is 2.59 bits per heavy atom. The molecule has 2 aromatic carbocycles. The molecule has 0 saturated heterocycles. The highest BCUT2D eigenvalue weighted by atomic mass is 16.5. The number of phenols is 1. The van der Waals surface area contributed by atoms with Gasteiger partial charge in [-0.3, -0.25) is 4.79 Å². The van der Waals surface area contributed by atoms with Crippen molar-refractivity contribution in [3.05, 3.63) is 59.2 Å². The van der Waals surface area contributed by atoms with Crippen molar-refractivity contribution in [1.29, 1.82) is 0 Å². The molecule has 2 rings (SSSR count). The number of ether oxygens (including phenoxy) is 1. The lowest BCUT2D eigenvalue weighted by Crippen LogP contribution is -2.20. The summed E-state index contributed by atoms with van der Waals surface area (Å²) in [6, 6.07) is 12.1. The Kier molecular flexibility index (Phi) is 4.78. The van der Waals surface area contributed by atoms with E-state index >= 15 is 0 Å². The van der Waals surface area contributed by atoms with Crippen LogP contribution < -0.4 is 10.2 Å². The highest BCUT2D eigenvalue weighted by molar-refractivity contribution is 6.03. The van der Waals surface area contributed by atoms with Crippen LogP contribution in [-0.4, -0.2) is 23.8 Å². The van der Waals surface area contributed by atoms with Gasteiger partial charge in [-0.15, -0.1) is 0 Å². The largest absolute Gasteiger partial charge is 0.507 e. The smallest absolute Gasteiger partial charge is 0.271 e. The second-order valence-electron chi connectivity index (χ2n) is 4.84. The number of carbonyl (C=O) groups is 1. The molecular formula is C17H18N2O3. The summed E-state index contributed by atoms with van der Waals surface area (Å²) >= 11 is 0. The number of aromatic hydroxyl groups is 1. The van der Waals surface area contributed by atoms with Crippen LogP contribution in [0.5, 0.6) is 11.5 Å². The van der Waals surface area contributed by atoms with Gasteiger partial charge in [-0.1, -0.05) is 18.2 Å². The molecule has 2 aromatic rings. The van der Waals surface area contributed by atoms with E-state index in [1.54, 1.807) is 38.3 Å². The molecule has 0 unspecified atom stereocenters. The lowest BCUT2D eigenvalue weighted by molar-refractivity contribution is 0.0954. The fourth-order valence-corrected chi connectivity index (χ4v) is 2.01. The SMILES string of the molecule is COc1ccc(O)c(/C(C)=N/NC(=O)c2ccccc2C)c1. The first-order valence-corrected chi connectivity index (χ1v) is 6.80. The average Bonchev–Trinajstić information content (AvgIpc) is 2.53. The van der Waals surface area contributed by atoms with Crippen molar-refractivity contribution < 1.29 is 14.6 Å². The molecule has 0 bridgehead atoms. The minimum absolute atomic E-state index is 0.0761. The summed E-state index contributed by atoms with van der Waals surface area (Å²) in [5.41, 5.74) is 4.92. The van der Waals surface area contributed by atoms with Crippen LogP contribution in [0.25, 0.3) is 0 Å². The number of phenolic OH excluding ortho intramolecular Hbond substituents is 1. The molecule has 2 N–H and O–H groups in total. The van der Waals surface area contributed by atoms with Crippen molar-refractivity contribution in [3.63, 3.8) is 0 Å². The monoisotopic (exact) mass is 298 g/mol. The highest BCUT2D eigenvalue weighted by Crippen LogP contribution is 2.23. The minimum Gasteiger partial charge on any atom is -0.507 e. The predicted molar refractivity (Wildman–Crippen MR) is 85.5 cm³/mol. The summed E-state index contributed by atoms with van der Waals surface area (Å²) < 4.78 is 5.12. The Morgan fingerprint density at radius 1 is 1.18 bits per heavy atom. The molecule has 0 saturated carbocycles. The quantitative estimate of drug-likeness (QED) is 0.673. The molecule has 0 aliphatic heterocycles. The topological polar surface area (TPSA) is 70.9 Å². The van der Waals surface area contributed by atoms with Crippen LogP contribution in [0.15, 0.2) is 47.6 Å². The molecule has 0 fully saturated rings. The average molecular weight is 298 g/mol. The molecule has 114 valence electrons. The van der Waals surface area contributed by atoms with Crippen LogP contribution in [0, 0.1) is 6.92 Å². The second kappa shape index (κ2) is 6.76. The number of hydrazone groups is 1. The Bertz CT molecular complexity index is 724. The molecule has 0 aromatic heterocycles. The summed E-state index contributed by atoms with van der Waals surface area (Å²) in [5, 5.41) is 13.9. The van der Waals surface area contributed by atoms with Crippen LogP contribution in [0.3, 0.4) is 0 Å². The number of nitrogens with zero attached hydrogens (tertiary/aromatic N) is 1. The lowest BCUT2D eigenvalue weighted by atomic mass is 10.1. The third-order valence-electron chi connectivity index (χ3n) is 3.31. The number of nitrogens with one attached hydrogen (secondary N) is 1. The summed E-state index contributed by atoms with van der Waals surface area (Å²) in [5.74, 6) is 0.389. The van der Waals surface area contributed by atoms with Crippen LogP contribution in [0.2, 0.25) is 0 Å². The number of amides is 1. The Hall–Kier alpha value is -2.82. The van der Waals surface area contributed by atoms with Crippen LogP contribution >= 0.6 is 0 Å². The summed E-state index contributed by atoms with van der Waals surface area (Å²) in [7, 11) is 1.54. The molecule has 5 nitrogen and oxygen atoms in total. The van der Waals surface area contributed by atoms with Gasteiger partial charge in [0.25, 0.3) is 5.91 Å². The van der Waals surface area contributed by atoms with Gasteiger partial charge in [-0.2, -0.15) is 5.10 Å². The van der Waals surface area contributed by atoms with Gasteiger partial charge in [0, 0.05) is 11.1 Å². The van der Waals surface area contributed by atoms with Crippen molar-refractivity contribution in [2.45, 2.75) is 13.8 Å². The number of rotatable bonds is 4. The minimum atomic E-state index is -0.292. The van der Waals surface area contributed by atoms with Gasteiger partial charge in [0.2, 0.25) is 0 Å². The van der Waals surface area contributed by atoms with Crippen LogP contribution in [0.4, 0.5) is 0 Å². The Labute approximate surface area is 129 Å². The maximum Gasteiger partial charge on any atom is 0.271 e. The van der Waals surface area contributed by atoms with Gasteiger partial charge in [0.1, 0.15) is 11.5 Å². The van der Waals surface area contributed by atoms with Crippen molar-refractivity contribution >= 4 is 11.6 Å². The maximum atomic E-state index is 12.1. The molecule has 0 spiro atoms. The molecule has 0 atom stereocenters. The first-order valence-electron chi connectivity index (χ1n) is 6.80. The fourth-order valence-electron chi connectivity index (χ4n) is 2.01. The van der Waals surface area contributed by atoms with Gasteiger partial charge in [-0.25, -0.2) is 5.43 Å². The summed E-state index contributed by atoms with van der Waals surface area (Å²) in [6.07, 6.45) is 0. The number of methoxy groups -OCH3 is 1. The van der Waals surface area contributed by atoms with E-state index in [-0.39, 0.29) is 11.7 Å². The lowest BCUT2D eigenvalue weighted by Gasteiger charge is -2.08. The third-order valence-corrected chi connectivity index (χ3v) is 3.31. The van der Waals surface area contributed by atoms with E-state index in [2.05, 4.69) is 10.5 Å². The molecule has 22 heavy (non-hydrogen) atoms. The highest BCUT2D eigenvalue weighted by Gasteiger charge is 2.09. The van der Waals surface area contributed by atoms with Crippen molar-refractivity contribution in [2.24, 2.45) is 5.10 Å². The number of aryl methyl sites for hydroxylation is 1. The predicted octanol–water partition coefficient (Wildman–Crippen LogP) is 2.86. The van der Waals surface area contributed by atoms with E-state index < -0.39 is 0 Å². The zero-order chi connectivity index (χ0) is 16.1. The van der Waals surface area contributed by atoms with Gasteiger partial charge in [0.05, 0.1) is 12.8 Å². The van der Waals surface area contributed by atoms with Crippen LogP contribution in [0.1, 0.15) is 28.4 Å². The molecule has 1 amide bonds. The fraction of sp³-hybridized carbons (Fsp3) is 0.176. The molecule has 0 aliphatic carbocycles. The Balaban J connectivity index is 2.20. The maximum absolute atomic E-state index is 12.1. The first kappa shape index (κ1) is 15.6. The van der Waals surface area contributed by atoms with E-state index in [9.17, 15) is 9.90 Å². The van der Waals surface area contributed by atoms with Crippen LogP contribution in [-0.2, 0) is 0 Å². The normalized spacial score (nSPS) is 11.1. The van der Waals surface area contributed by atoms with Gasteiger partial charge in [0.15, 0.2) is 0 Å². The van der Waals surface area contributed by atoms with Gasteiger partial charge < -0.3 is 9.84 Å². The van der Waals surface area contributed by atoms with E-state index in [1.165, 1.54) is 6.07 Å². The number of carbonyl (C=O) groups excluding carboxylic acids is 1. The number of benzene rings is 2. The van der Waals surface area contributed by atoms with Crippen molar-refractivity contribution in [2.75, 3.05) is 7.11 Å². The summed E-state index contributed by atoms with van der Waals surface area (Å²) in [6.45, 7) is 3.56. The zero-order valence-electron chi connectivity index (χ0n) is 12.8. The third kappa shape index (κ3) is 3.44. The molecule has 5 heteroatoms. The molecular weight excluding hydrogens is 280 g/mol. The summed E-state index contributed by atoms with van der Waals surface area (Å²) in [4.78, 5) is 12.1. The Morgan fingerprint density at radius 2 is 1.91 bits per heavy atom. The second-order valence-corrected chi connectivity index (χ2v) is 4.84. The van der Waals surface area contributed by atoms with E-state index in [1.807, 2.05) is 19.1 Å². The molecule has 0 radical (unpaired) electrons.